The lowest BCUT2D eigenvalue weighted by Crippen LogP contribution is -2.27. The summed E-state index contributed by atoms with van der Waals surface area (Å²) < 4.78 is 0. The summed E-state index contributed by atoms with van der Waals surface area (Å²) in [5.41, 5.74) is 5.10. The summed E-state index contributed by atoms with van der Waals surface area (Å²) in [7, 11) is 0. The van der Waals surface area contributed by atoms with Crippen LogP contribution in [-0.2, 0) is 4.79 Å². The number of carbonyl (C=O) groups is 1. The van der Waals surface area contributed by atoms with Crippen molar-refractivity contribution in [3.05, 3.63) is 76.9 Å². The molecule has 0 saturated heterocycles. The monoisotopic (exact) mass is 305 g/mol. The summed E-state index contributed by atoms with van der Waals surface area (Å²) in [6.07, 6.45) is 5.90. The van der Waals surface area contributed by atoms with Crippen LogP contribution in [0.25, 0.3) is 6.08 Å². The highest BCUT2D eigenvalue weighted by Crippen LogP contribution is 2.38. The third-order valence-corrected chi connectivity index (χ3v) is 4.45. The third-order valence-electron chi connectivity index (χ3n) is 4.45. The first-order chi connectivity index (χ1) is 11.2. The maximum Gasteiger partial charge on any atom is 0.220 e. The van der Waals surface area contributed by atoms with E-state index in [1.54, 1.807) is 0 Å². The molecule has 23 heavy (non-hydrogen) atoms. The van der Waals surface area contributed by atoms with Gasteiger partial charge in [-0.2, -0.15) is 0 Å². The van der Waals surface area contributed by atoms with Crippen molar-refractivity contribution in [1.82, 2.24) is 5.32 Å². The van der Waals surface area contributed by atoms with E-state index in [4.69, 9.17) is 0 Å². The number of amides is 1. The molecule has 0 saturated carbocycles. The zero-order valence-electron chi connectivity index (χ0n) is 13.8. The summed E-state index contributed by atoms with van der Waals surface area (Å²) in [5, 5.41) is 3.12. The van der Waals surface area contributed by atoms with Gasteiger partial charge in [0, 0.05) is 12.3 Å². The lowest BCUT2D eigenvalue weighted by molar-refractivity contribution is -0.121. The predicted octanol–water partition coefficient (Wildman–Crippen LogP) is 4.82. The van der Waals surface area contributed by atoms with E-state index < -0.39 is 0 Å². The second kappa shape index (κ2) is 6.82. The van der Waals surface area contributed by atoms with Gasteiger partial charge < -0.3 is 5.32 Å². The highest BCUT2D eigenvalue weighted by molar-refractivity contribution is 5.76. The van der Waals surface area contributed by atoms with E-state index in [9.17, 15) is 4.79 Å². The number of rotatable bonds is 5. The maximum absolute atomic E-state index is 11.9. The van der Waals surface area contributed by atoms with E-state index in [1.807, 2.05) is 13.0 Å². The van der Waals surface area contributed by atoms with Crippen LogP contribution in [-0.4, -0.2) is 5.91 Å². The highest BCUT2D eigenvalue weighted by Gasteiger charge is 2.23. The topological polar surface area (TPSA) is 29.1 Å². The molecule has 0 aromatic heterocycles. The number of carbonyl (C=O) groups excluding carboxylic acids is 1. The van der Waals surface area contributed by atoms with Crippen molar-refractivity contribution in [3.63, 3.8) is 0 Å². The third kappa shape index (κ3) is 3.21. The first-order valence-corrected chi connectivity index (χ1v) is 8.36. The fraction of sp³-hybridized carbons (Fsp3) is 0.286. The molecule has 1 aliphatic rings. The van der Waals surface area contributed by atoms with E-state index in [-0.39, 0.29) is 17.9 Å². The smallest absolute Gasteiger partial charge is 0.220 e. The zero-order chi connectivity index (χ0) is 16.2. The lowest BCUT2D eigenvalue weighted by Gasteiger charge is -2.21. The van der Waals surface area contributed by atoms with Crippen LogP contribution in [0.1, 0.15) is 60.9 Å². The van der Waals surface area contributed by atoms with E-state index >= 15 is 0 Å². The van der Waals surface area contributed by atoms with Crippen LogP contribution in [0, 0.1) is 0 Å². The summed E-state index contributed by atoms with van der Waals surface area (Å²) in [4.78, 5) is 11.9. The molecule has 0 aliphatic heterocycles. The lowest BCUT2D eigenvalue weighted by atomic mass is 9.87. The molecular formula is C21H23NO. The second-order valence-electron chi connectivity index (χ2n) is 6.13. The predicted molar refractivity (Wildman–Crippen MR) is 95.2 cm³/mol. The summed E-state index contributed by atoms with van der Waals surface area (Å²) in [6, 6.07) is 17.0. The van der Waals surface area contributed by atoms with Gasteiger partial charge in [0.25, 0.3) is 0 Å². The Morgan fingerprint density at radius 2 is 1.78 bits per heavy atom. The highest BCUT2D eigenvalue weighted by atomic mass is 16.1. The molecule has 2 aromatic rings. The quantitative estimate of drug-likeness (QED) is 0.843. The van der Waals surface area contributed by atoms with Crippen LogP contribution in [0.3, 0.4) is 0 Å². The summed E-state index contributed by atoms with van der Waals surface area (Å²) in [6.45, 7) is 4.09. The molecule has 2 heteroatoms. The molecule has 1 aliphatic carbocycles. The molecule has 118 valence electrons. The fourth-order valence-corrected chi connectivity index (χ4v) is 3.33. The van der Waals surface area contributed by atoms with Crippen molar-refractivity contribution < 1.29 is 4.79 Å². The Bertz CT molecular complexity index is 732. The van der Waals surface area contributed by atoms with Crippen molar-refractivity contribution >= 4 is 12.0 Å². The van der Waals surface area contributed by atoms with Crippen LogP contribution >= 0.6 is 0 Å². The Hall–Kier alpha value is -2.35. The van der Waals surface area contributed by atoms with Crippen molar-refractivity contribution in [2.75, 3.05) is 0 Å². The molecule has 1 amide bonds. The zero-order valence-corrected chi connectivity index (χ0v) is 13.8. The minimum atomic E-state index is 0.0198. The molecular weight excluding hydrogens is 282 g/mol. The van der Waals surface area contributed by atoms with Gasteiger partial charge in [-0.3, -0.25) is 4.79 Å². The van der Waals surface area contributed by atoms with E-state index in [1.165, 1.54) is 22.3 Å². The second-order valence-corrected chi connectivity index (χ2v) is 6.13. The Kier molecular flexibility index (Phi) is 4.61. The van der Waals surface area contributed by atoms with Gasteiger partial charge in [0.05, 0.1) is 6.04 Å². The number of benzene rings is 2. The molecule has 0 spiro atoms. The Labute approximate surface area is 138 Å². The van der Waals surface area contributed by atoms with Crippen molar-refractivity contribution in [2.45, 2.75) is 38.6 Å². The number of allylic oxidation sites excluding steroid dienone is 1. The Morgan fingerprint density at radius 3 is 2.57 bits per heavy atom. The molecule has 2 aromatic carbocycles. The molecule has 1 N–H and O–H groups in total. The maximum atomic E-state index is 11.9. The molecule has 0 fully saturated rings. The van der Waals surface area contributed by atoms with Gasteiger partial charge in [-0.25, -0.2) is 0 Å². The van der Waals surface area contributed by atoms with Crippen molar-refractivity contribution in [2.24, 2.45) is 0 Å². The molecule has 2 atom stereocenters. The molecule has 2 unspecified atom stereocenters. The van der Waals surface area contributed by atoms with Crippen LogP contribution in [0.15, 0.2) is 54.6 Å². The van der Waals surface area contributed by atoms with Gasteiger partial charge in [0.15, 0.2) is 0 Å². The average molecular weight is 305 g/mol. The molecule has 3 rings (SSSR count). The summed E-state index contributed by atoms with van der Waals surface area (Å²) >= 11 is 0. The number of nitrogens with one attached hydrogen (secondary N) is 1. The van der Waals surface area contributed by atoms with Gasteiger partial charge in [-0.1, -0.05) is 67.6 Å². The standard InChI is InChI=1S/C21H23NO/c1-3-8-21(23)22-15(2)17-10-6-7-12-19(17)20-14-13-16-9-4-5-11-18(16)20/h4-7,9-15,20H,3,8H2,1-2H3,(H,22,23). The van der Waals surface area contributed by atoms with E-state index in [2.05, 4.69) is 66.9 Å². The molecule has 0 heterocycles. The normalized spacial score (nSPS) is 16.9. The van der Waals surface area contributed by atoms with Gasteiger partial charge in [-0.05, 0) is 35.6 Å². The number of hydrogen-bond donors (Lipinski definition) is 1. The fourth-order valence-electron chi connectivity index (χ4n) is 3.33. The van der Waals surface area contributed by atoms with Gasteiger partial charge in [-0.15, -0.1) is 0 Å². The van der Waals surface area contributed by atoms with Crippen LogP contribution in [0.4, 0.5) is 0 Å². The van der Waals surface area contributed by atoms with Gasteiger partial charge in [0.1, 0.15) is 0 Å². The van der Waals surface area contributed by atoms with E-state index in [0.717, 1.165) is 6.42 Å². The minimum absolute atomic E-state index is 0.0198. The van der Waals surface area contributed by atoms with Crippen molar-refractivity contribution in [3.8, 4) is 0 Å². The molecule has 2 nitrogen and oxygen atoms in total. The van der Waals surface area contributed by atoms with Crippen LogP contribution in [0.2, 0.25) is 0 Å². The van der Waals surface area contributed by atoms with Crippen LogP contribution < -0.4 is 5.32 Å². The SMILES string of the molecule is CCCC(=O)NC(C)c1ccccc1C1C=Cc2ccccc21. The molecule has 0 bridgehead atoms. The number of hydrogen-bond acceptors (Lipinski definition) is 1. The first kappa shape index (κ1) is 15.5. The van der Waals surface area contributed by atoms with Crippen LogP contribution in [0.5, 0.6) is 0 Å². The molecule has 0 radical (unpaired) electrons. The van der Waals surface area contributed by atoms with Gasteiger partial charge in [0.2, 0.25) is 5.91 Å². The largest absolute Gasteiger partial charge is 0.350 e. The van der Waals surface area contributed by atoms with E-state index in [0.29, 0.717) is 6.42 Å². The summed E-state index contributed by atoms with van der Waals surface area (Å²) in [5.74, 6) is 0.394. The first-order valence-electron chi connectivity index (χ1n) is 8.36. The average Bonchev–Trinajstić information content (AvgIpc) is 2.99. The van der Waals surface area contributed by atoms with Crippen molar-refractivity contribution in [1.29, 1.82) is 0 Å². The minimum Gasteiger partial charge on any atom is -0.350 e. The Balaban J connectivity index is 1.90. The van der Waals surface area contributed by atoms with Gasteiger partial charge >= 0.3 is 0 Å². The Morgan fingerprint density at radius 1 is 1.09 bits per heavy atom. The number of fused-ring (bicyclic) bond motifs is 1.